The van der Waals surface area contributed by atoms with Crippen molar-refractivity contribution in [1.29, 1.82) is 0 Å². The molecule has 0 aromatic heterocycles. The molecule has 0 bridgehead atoms. The normalized spacial score (nSPS) is 20.0. The van der Waals surface area contributed by atoms with Gasteiger partial charge >= 0.3 is 0 Å². The highest BCUT2D eigenvalue weighted by molar-refractivity contribution is 5.30. The maximum absolute atomic E-state index is 13.5. The lowest BCUT2D eigenvalue weighted by Gasteiger charge is -2.36. The highest BCUT2D eigenvalue weighted by atomic mass is 19.1. The third-order valence-corrected chi connectivity index (χ3v) is 4.26. The Labute approximate surface area is 127 Å². The topological polar surface area (TPSA) is 15.7 Å². The molecule has 0 saturated carbocycles. The number of halogens is 1. The predicted molar refractivity (Wildman–Crippen MR) is 84.2 cm³/mol. The number of methoxy groups -OCH3 is 1. The van der Waals surface area contributed by atoms with E-state index in [1.807, 2.05) is 12.1 Å². The highest BCUT2D eigenvalue weighted by Gasteiger charge is 2.22. The number of rotatable bonds is 6. The fourth-order valence-corrected chi connectivity index (χ4v) is 3.04. The zero-order chi connectivity index (χ0) is 15.2. The SMILES string of the molecule is COc1cc(CN2CCCC[C@H]2CCN(C)C)ccc1F. The summed E-state index contributed by atoms with van der Waals surface area (Å²) in [5, 5.41) is 0. The van der Waals surface area contributed by atoms with Crippen molar-refractivity contribution >= 4 is 0 Å². The van der Waals surface area contributed by atoms with Crippen LogP contribution < -0.4 is 4.74 Å². The zero-order valence-corrected chi connectivity index (χ0v) is 13.4. The summed E-state index contributed by atoms with van der Waals surface area (Å²) in [6.45, 7) is 3.14. The summed E-state index contributed by atoms with van der Waals surface area (Å²) in [4.78, 5) is 4.79. The van der Waals surface area contributed by atoms with Crippen molar-refractivity contribution in [2.75, 3.05) is 34.3 Å². The number of piperidine rings is 1. The Kier molecular flexibility index (Phi) is 6.00. The molecule has 0 N–H and O–H groups in total. The number of nitrogens with zero attached hydrogens (tertiary/aromatic N) is 2. The summed E-state index contributed by atoms with van der Waals surface area (Å²) in [5.74, 6) is 0.0541. The first-order valence-electron chi connectivity index (χ1n) is 7.81. The van der Waals surface area contributed by atoms with Gasteiger partial charge in [0.2, 0.25) is 0 Å². The molecule has 1 heterocycles. The van der Waals surface area contributed by atoms with Gasteiger partial charge in [0.1, 0.15) is 0 Å². The van der Waals surface area contributed by atoms with Gasteiger partial charge in [-0.15, -0.1) is 0 Å². The van der Waals surface area contributed by atoms with Gasteiger partial charge in [-0.25, -0.2) is 4.39 Å². The van der Waals surface area contributed by atoms with E-state index in [0.29, 0.717) is 11.8 Å². The van der Waals surface area contributed by atoms with E-state index in [1.54, 1.807) is 0 Å². The Bertz CT molecular complexity index is 450. The molecule has 1 fully saturated rings. The fourth-order valence-electron chi connectivity index (χ4n) is 3.04. The number of hydrogen-bond donors (Lipinski definition) is 0. The standard InChI is InChI=1S/C17H27FN2O/c1-19(2)11-9-15-6-4-5-10-20(15)13-14-7-8-16(18)17(12-14)21-3/h7-8,12,15H,4-6,9-11,13H2,1-3H3/t15-/m0/s1. The molecule has 21 heavy (non-hydrogen) atoms. The molecule has 1 aromatic rings. The minimum Gasteiger partial charge on any atom is -0.494 e. The quantitative estimate of drug-likeness (QED) is 0.801. The minimum absolute atomic E-state index is 0.288. The molecule has 0 unspecified atom stereocenters. The Hall–Kier alpha value is -1.13. The van der Waals surface area contributed by atoms with E-state index in [2.05, 4.69) is 23.9 Å². The average molecular weight is 294 g/mol. The van der Waals surface area contributed by atoms with E-state index in [1.165, 1.54) is 38.9 Å². The molecule has 0 spiro atoms. The summed E-state index contributed by atoms with van der Waals surface area (Å²) in [6.07, 6.45) is 5.05. The van der Waals surface area contributed by atoms with Gasteiger partial charge in [-0.2, -0.15) is 0 Å². The van der Waals surface area contributed by atoms with Crippen LogP contribution in [0.2, 0.25) is 0 Å². The van der Waals surface area contributed by atoms with E-state index >= 15 is 0 Å². The first-order chi connectivity index (χ1) is 10.1. The molecule has 0 amide bonds. The van der Waals surface area contributed by atoms with Gasteiger partial charge < -0.3 is 9.64 Å². The van der Waals surface area contributed by atoms with Gasteiger partial charge in [0, 0.05) is 12.6 Å². The van der Waals surface area contributed by atoms with Crippen molar-refractivity contribution in [2.24, 2.45) is 0 Å². The second-order valence-electron chi connectivity index (χ2n) is 6.18. The number of ether oxygens (including phenoxy) is 1. The average Bonchev–Trinajstić information content (AvgIpc) is 2.48. The molecular formula is C17H27FN2O. The van der Waals surface area contributed by atoms with Crippen molar-refractivity contribution in [2.45, 2.75) is 38.3 Å². The molecule has 1 aliphatic rings. The van der Waals surface area contributed by atoms with Crippen LogP contribution in [0, 0.1) is 5.82 Å². The maximum atomic E-state index is 13.5. The first-order valence-corrected chi connectivity index (χ1v) is 7.81. The number of hydrogen-bond acceptors (Lipinski definition) is 3. The number of likely N-dealkylation sites (tertiary alicyclic amines) is 1. The van der Waals surface area contributed by atoms with Crippen LogP contribution in [0.25, 0.3) is 0 Å². The van der Waals surface area contributed by atoms with Crippen LogP contribution in [0.3, 0.4) is 0 Å². The minimum atomic E-state index is -0.288. The van der Waals surface area contributed by atoms with Gasteiger partial charge in [-0.1, -0.05) is 12.5 Å². The third kappa shape index (κ3) is 4.68. The van der Waals surface area contributed by atoms with Crippen LogP contribution in [0.5, 0.6) is 5.75 Å². The van der Waals surface area contributed by atoms with Crippen LogP contribution in [0.4, 0.5) is 4.39 Å². The fraction of sp³-hybridized carbons (Fsp3) is 0.647. The molecule has 1 atom stereocenters. The van der Waals surface area contributed by atoms with Crippen LogP contribution in [-0.2, 0) is 6.54 Å². The van der Waals surface area contributed by atoms with Crippen LogP contribution in [0.1, 0.15) is 31.2 Å². The van der Waals surface area contributed by atoms with Gasteiger partial charge in [-0.05, 0) is 64.1 Å². The van der Waals surface area contributed by atoms with E-state index in [0.717, 1.165) is 25.2 Å². The van der Waals surface area contributed by atoms with Crippen molar-refractivity contribution in [1.82, 2.24) is 9.80 Å². The molecule has 2 rings (SSSR count). The monoisotopic (exact) mass is 294 g/mol. The Morgan fingerprint density at radius 1 is 1.33 bits per heavy atom. The molecular weight excluding hydrogens is 267 g/mol. The molecule has 3 nitrogen and oxygen atoms in total. The molecule has 118 valence electrons. The molecule has 0 radical (unpaired) electrons. The summed E-state index contributed by atoms with van der Waals surface area (Å²) in [5.41, 5.74) is 1.13. The largest absolute Gasteiger partial charge is 0.494 e. The molecule has 1 aromatic carbocycles. The van der Waals surface area contributed by atoms with Crippen LogP contribution in [-0.4, -0.2) is 50.1 Å². The number of benzene rings is 1. The Morgan fingerprint density at radius 3 is 2.86 bits per heavy atom. The van der Waals surface area contributed by atoms with Gasteiger partial charge in [0.15, 0.2) is 11.6 Å². The summed E-state index contributed by atoms with van der Waals surface area (Å²) in [6, 6.07) is 5.84. The van der Waals surface area contributed by atoms with Gasteiger partial charge in [0.05, 0.1) is 7.11 Å². The third-order valence-electron chi connectivity index (χ3n) is 4.26. The molecule has 1 saturated heterocycles. The van der Waals surface area contributed by atoms with Crippen LogP contribution >= 0.6 is 0 Å². The van der Waals surface area contributed by atoms with E-state index in [4.69, 9.17) is 4.74 Å². The second kappa shape index (κ2) is 7.76. The molecule has 0 aliphatic carbocycles. The molecule has 4 heteroatoms. The lowest BCUT2D eigenvalue weighted by Crippen LogP contribution is -2.40. The lowest BCUT2D eigenvalue weighted by atomic mass is 9.98. The maximum Gasteiger partial charge on any atom is 0.165 e. The molecule has 1 aliphatic heterocycles. The summed E-state index contributed by atoms with van der Waals surface area (Å²) >= 11 is 0. The van der Waals surface area contributed by atoms with Crippen molar-refractivity contribution < 1.29 is 9.13 Å². The Morgan fingerprint density at radius 2 is 2.14 bits per heavy atom. The van der Waals surface area contributed by atoms with Crippen LogP contribution in [0.15, 0.2) is 18.2 Å². The van der Waals surface area contributed by atoms with Crippen molar-refractivity contribution in [3.05, 3.63) is 29.6 Å². The smallest absolute Gasteiger partial charge is 0.165 e. The highest BCUT2D eigenvalue weighted by Crippen LogP contribution is 2.24. The van der Waals surface area contributed by atoms with E-state index in [-0.39, 0.29) is 5.82 Å². The summed E-state index contributed by atoms with van der Waals surface area (Å²) in [7, 11) is 5.76. The predicted octanol–water partition coefficient (Wildman–Crippen LogP) is 3.14. The van der Waals surface area contributed by atoms with Gasteiger partial charge in [0.25, 0.3) is 0 Å². The van der Waals surface area contributed by atoms with Crippen molar-refractivity contribution in [3.63, 3.8) is 0 Å². The second-order valence-corrected chi connectivity index (χ2v) is 6.18. The Balaban J connectivity index is 2.01. The van der Waals surface area contributed by atoms with Crippen molar-refractivity contribution in [3.8, 4) is 5.75 Å². The van der Waals surface area contributed by atoms with E-state index < -0.39 is 0 Å². The lowest BCUT2D eigenvalue weighted by molar-refractivity contribution is 0.124. The first kappa shape index (κ1) is 16.2. The van der Waals surface area contributed by atoms with Gasteiger partial charge in [-0.3, -0.25) is 4.90 Å². The summed E-state index contributed by atoms with van der Waals surface area (Å²) < 4.78 is 18.6. The van der Waals surface area contributed by atoms with E-state index in [9.17, 15) is 4.39 Å². The zero-order valence-electron chi connectivity index (χ0n) is 13.4.